The van der Waals surface area contributed by atoms with Gasteiger partial charge in [-0.15, -0.1) is 0 Å². The van der Waals surface area contributed by atoms with Gasteiger partial charge in [0.15, 0.2) is 11.6 Å². The maximum Gasteiger partial charge on any atom is 0.230 e. The minimum Gasteiger partial charge on any atom is -0.366 e. The molecule has 2 aliphatic heterocycles. The minimum absolute atomic E-state index is 0.0556. The zero-order valence-electron chi connectivity index (χ0n) is 17.0. The Labute approximate surface area is 183 Å². The van der Waals surface area contributed by atoms with E-state index in [4.69, 9.17) is 4.74 Å². The number of carbonyl (C=O) groups excluding carboxylic acids is 5. The average Bonchev–Trinajstić information content (AvgIpc) is 3.46. The van der Waals surface area contributed by atoms with Crippen LogP contribution < -0.4 is 0 Å². The van der Waals surface area contributed by atoms with Crippen LogP contribution in [0.2, 0.25) is 0 Å². The van der Waals surface area contributed by atoms with E-state index in [9.17, 15) is 24.0 Å². The third kappa shape index (κ3) is 7.70. The van der Waals surface area contributed by atoms with E-state index in [2.05, 4.69) is 0 Å². The van der Waals surface area contributed by atoms with Crippen molar-refractivity contribution in [2.24, 2.45) is 0 Å². The number of likely N-dealkylation sites (tertiary alicyclic amines) is 1. The van der Waals surface area contributed by atoms with E-state index in [0.29, 0.717) is 32.1 Å². The Morgan fingerprint density at radius 3 is 2.23 bits per heavy atom. The Kier molecular flexibility index (Phi) is 9.26. The summed E-state index contributed by atoms with van der Waals surface area (Å²) in [5.74, 6) is -0.0398. The van der Waals surface area contributed by atoms with Gasteiger partial charge in [-0.1, -0.05) is 45.9 Å². The second-order valence-corrected chi connectivity index (χ2v) is 10.3. The van der Waals surface area contributed by atoms with E-state index in [-0.39, 0.29) is 47.1 Å². The molecule has 0 atom stereocenters. The van der Waals surface area contributed by atoms with Gasteiger partial charge < -0.3 is 9.53 Å². The van der Waals surface area contributed by atoms with Crippen LogP contribution in [0.25, 0.3) is 0 Å². The molecule has 3 rings (SSSR count). The molecule has 0 bridgehead atoms. The molecule has 2 heterocycles. The van der Waals surface area contributed by atoms with Crippen LogP contribution in [0.4, 0.5) is 0 Å². The lowest BCUT2D eigenvalue weighted by Crippen LogP contribution is -2.47. The van der Waals surface area contributed by atoms with Gasteiger partial charge in [0.2, 0.25) is 11.8 Å². The van der Waals surface area contributed by atoms with Crippen molar-refractivity contribution in [1.29, 1.82) is 0 Å². The Bertz CT molecular complexity index is 804. The number of ether oxygens (including phenoxy) is 1. The quantitative estimate of drug-likeness (QED) is 0.176. The number of nitrogens with zero attached hydrogens (tertiary/aromatic N) is 1. The summed E-state index contributed by atoms with van der Waals surface area (Å²) in [6, 6.07) is 7.43. The number of hydrogen-bond acceptors (Lipinski definition) is 8. The van der Waals surface area contributed by atoms with E-state index in [0.717, 1.165) is 11.1 Å². The van der Waals surface area contributed by atoms with Crippen LogP contribution >= 0.6 is 21.6 Å². The van der Waals surface area contributed by atoms with Crippen molar-refractivity contribution >= 4 is 51.3 Å². The predicted octanol–water partition coefficient (Wildman–Crippen LogP) is 2.39. The molecule has 0 aliphatic carbocycles. The van der Waals surface area contributed by atoms with Crippen molar-refractivity contribution in [1.82, 2.24) is 4.90 Å². The van der Waals surface area contributed by atoms with Gasteiger partial charge in [0, 0.05) is 25.8 Å². The molecule has 2 fully saturated rings. The first-order valence-corrected chi connectivity index (χ1v) is 11.7. The van der Waals surface area contributed by atoms with Crippen LogP contribution in [0.1, 0.15) is 37.8 Å². The van der Waals surface area contributed by atoms with Crippen LogP contribution in [-0.2, 0) is 41.6 Å². The second-order valence-electron chi connectivity index (χ2n) is 7.07. The molecule has 0 unspecified atom stereocenters. The predicted molar refractivity (Wildman–Crippen MR) is 116 cm³/mol. The minimum atomic E-state index is -0.132. The smallest absolute Gasteiger partial charge is 0.230 e. The molecule has 30 heavy (non-hydrogen) atoms. The molecule has 7 nitrogen and oxygen atoms in total. The van der Waals surface area contributed by atoms with Gasteiger partial charge in [-0.25, -0.2) is 0 Å². The van der Waals surface area contributed by atoms with Crippen LogP contribution in [-0.4, -0.2) is 58.4 Å². The van der Waals surface area contributed by atoms with Gasteiger partial charge in [-0.3, -0.25) is 24.1 Å². The van der Waals surface area contributed by atoms with E-state index >= 15 is 0 Å². The monoisotopic (exact) mass is 451 g/mol. The van der Waals surface area contributed by atoms with Gasteiger partial charge in [-0.05, 0) is 31.4 Å². The van der Waals surface area contributed by atoms with E-state index in [1.165, 1.54) is 4.90 Å². The normalized spacial score (nSPS) is 16.1. The van der Waals surface area contributed by atoms with Gasteiger partial charge in [-0.2, -0.15) is 0 Å². The summed E-state index contributed by atoms with van der Waals surface area (Å²) in [6.45, 7) is 3.97. The van der Waals surface area contributed by atoms with Gasteiger partial charge in [0.25, 0.3) is 0 Å². The number of aldehydes is 1. The summed E-state index contributed by atoms with van der Waals surface area (Å²) >= 11 is 0. The zero-order valence-corrected chi connectivity index (χ0v) is 18.7. The number of imide groups is 1. The molecular weight excluding hydrogens is 426 g/mol. The fraction of sp³-hybridized carbons (Fsp3) is 0.476. The molecule has 0 radical (unpaired) electrons. The standard InChI is InChI=1S/C17H19NO5.C4H6OS2/c19-9-10-23-12-15(20)11-14-3-1-13(2-4-14)5-6-16(21)18-8-7-17(18)22;1-3(5)4(2)6-7-4/h1-4,9H,5-8,10-12H2;1-2H3. The molecular formula is C21H25NO6S2. The van der Waals surface area contributed by atoms with Crippen LogP contribution in [0.15, 0.2) is 24.3 Å². The lowest BCUT2D eigenvalue weighted by atomic mass is 10.0. The van der Waals surface area contributed by atoms with Crippen molar-refractivity contribution in [3.05, 3.63) is 35.4 Å². The van der Waals surface area contributed by atoms with Gasteiger partial charge >= 0.3 is 0 Å². The summed E-state index contributed by atoms with van der Waals surface area (Å²) in [4.78, 5) is 56.4. The number of aryl methyl sites for hydroxylation is 1. The summed E-state index contributed by atoms with van der Waals surface area (Å²) in [5.41, 5.74) is 1.84. The van der Waals surface area contributed by atoms with Crippen molar-refractivity contribution in [3.63, 3.8) is 0 Å². The number of benzene rings is 1. The lowest BCUT2D eigenvalue weighted by molar-refractivity contribution is -0.152. The molecule has 0 aromatic heterocycles. The summed E-state index contributed by atoms with van der Waals surface area (Å²) in [7, 11) is 3.29. The maximum atomic E-state index is 11.8. The van der Waals surface area contributed by atoms with Crippen molar-refractivity contribution in [2.45, 2.75) is 43.6 Å². The fourth-order valence-corrected chi connectivity index (χ4v) is 3.91. The highest BCUT2D eigenvalue weighted by atomic mass is 33.2. The maximum absolute atomic E-state index is 11.8. The van der Waals surface area contributed by atoms with Crippen molar-refractivity contribution < 1.29 is 28.7 Å². The first-order valence-electron chi connectivity index (χ1n) is 9.57. The molecule has 2 saturated heterocycles. The van der Waals surface area contributed by atoms with E-state index < -0.39 is 0 Å². The third-order valence-electron chi connectivity index (χ3n) is 4.62. The van der Waals surface area contributed by atoms with Crippen molar-refractivity contribution in [3.8, 4) is 0 Å². The van der Waals surface area contributed by atoms with E-state index in [1.54, 1.807) is 28.5 Å². The molecule has 0 spiro atoms. The second kappa shape index (κ2) is 11.4. The molecule has 2 aliphatic rings. The number of carbonyl (C=O) groups is 5. The third-order valence-corrected chi connectivity index (χ3v) is 7.87. The molecule has 1 aromatic carbocycles. The number of ketones is 2. The number of β-lactam (4-membered cyclic amide) rings is 1. The number of hydrogen-bond donors (Lipinski definition) is 0. The molecule has 9 heteroatoms. The number of rotatable bonds is 10. The summed E-state index contributed by atoms with van der Waals surface area (Å²) < 4.78 is 4.81. The molecule has 0 N–H and O–H groups in total. The summed E-state index contributed by atoms with van der Waals surface area (Å²) in [6.07, 6.45) is 2.20. The highest BCUT2D eigenvalue weighted by Gasteiger charge is 2.45. The Hall–Kier alpha value is -1.97. The number of amides is 2. The molecule has 0 saturated carbocycles. The fourth-order valence-electron chi connectivity index (χ4n) is 2.47. The van der Waals surface area contributed by atoms with Crippen LogP contribution in [0.3, 0.4) is 0 Å². The highest BCUT2D eigenvalue weighted by Crippen LogP contribution is 2.64. The van der Waals surface area contributed by atoms with Crippen LogP contribution in [0, 0.1) is 0 Å². The lowest BCUT2D eigenvalue weighted by Gasteiger charge is -2.28. The first kappa shape index (κ1) is 24.3. The molecule has 1 aromatic rings. The van der Waals surface area contributed by atoms with Gasteiger partial charge in [0.05, 0.1) is 0 Å². The largest absolute Gasteiger partial charge is 0.366 e. The van der Waals surface area contributed by atoms with Crippen LogP contribution in [0.5, 0.6) is 0 Å². The highest BCUT2D eigenvalue weighted by molar-refractivity contribution is 8.94. The van der Waals surface area contributed by atoms with Gasteiger partial charge in [0.1, 0.15) is 23.6 Å². The zero-order chi connectivity index (χ0) is 22.1. The van der Waals surface area contributed by atoms with Crippen molar-refractivity contribution in [2.75, 3.05) is 19.8 Å². The van der Waals surface area contributed by atoms with E-state index in [1.807, 2.05) is 31.2 Å². The average molecular weight is 452 g/mol. The Balaban J connectivity index is 0.000000386. The Morgan fingerprint density at radius 2 is 1.80 bits per heavy atom. The SMILES string of the molecule is CC(=O)C1(C)SS1.O=CCOCC(=O)Cc1ccc(CCC(=O)N2CCC2=O)cc1. The summed E-state index contributed by atoms with van der Waals surface area (Å²) in [5, 5.41) is 0. The topological polar surface area (TPSA) is 97.8 Å². The molecule has 162 valence electrons. The Morgan fingerprint density at radius 1 is 1.17 bits per heavy atom. The first-order chi connectivity index (χ1) is 14.2. The molecule has 2 amide bonds. The number of Topliss-reactive ketones (excluding diaryl/α,β-unsaturated/α-hetero) is 2.